The molecule has 0 saturated heterocycles. The highest BCUT2D eigenvalue weighted by atomic mass is 35.5. The topological polar surface area (TPSA) is 9.23 Å². The number of halogens is 1. The maximum atomic E-state index is 6.23. The van der Waals surface area contributed by atoms with Crippen LogP contribution in [0.3, 0.4) is 0 Å². The molecule has 0 aliphatic heterocycles. The van der Waals surface area contributed by atoms with Crippen LogP contribution in [0.15, 0.2) is 11.6 Å². The first-order valence-electron chi connectivity index (χ1n) is 5.86. The zero-order chi connectivity index (χ0) is 11.3. The van der Waals surface area contributed by atoms with E-state index in [0.717, 1.165) is 19.4 Å². The summed E-state index contributed by atoms with van der Waals surface area (Å²) in [4.78, 5) is 0. The molecule has 1 aliphatic carbocycles. The van der Waals surface area contributed by atoms with E-state index in [2.05, 4.69) is 19.9 Å². The number of alkyl halides is 1. The standard InChI is InChI=1S/C13H23ClO/c1-13(2)9-11(8-12(14)10-13)6-4-5-7-15-3/h8,12H,4-7,9-10H2,1-3H3. The van der Waals surface area contributed by atoms with Crippen molar-refractivity contribution in [1.29, 1.82) is 0 Å². The van der Waals surface area contributed by atoms with E-state index in [1.807, 2.05) is 0 Å². The monoisotopic (exact) mass is 230 g/mol. The molecule has 1 atom stereocenters. The van der Waals surface area contributed by atoms with Crippen molar-refractivity contribution in [2.24, 2.45) is 5.41 Å². The van der Waals surface area contributed by atoms with Gasteiger partial charge in [-0.1, -0.05) is 25.5 Å². The molecule has 0 radical (unpaired) electrons. The molecular weight excluding hydrogens is 208 g/mol. The lowest BCUT2D eigenvalue weighted by Crippen LogP contribution is -2.22. The lowest BCUT2D eigenvalue weighted by molar-refractivity contribution is 0.192. The smallest absolute Gasteiger partial charge is 0.0523 e. The molecule has 1 aliphatic rings. The molecule has 1 rings (SSSR count). The van der Waals surface area contributed by atoms with Crippen molar-refractivity contribution in [3.05, 3.63) is 11.6 Å². The van der Waals surface area contributed by atoms with E-state index in [-0.39, 0.29) is 5.38 Å². The number of hydrogen-bond acceptors (Lipinski definition) is 1. The lowest BCUT2D eigenvalue weighted by atomic mass is 9.76. The van der Waals surface area contributed by atoms with Gasteiger partial charge in [-0.15, -0.1) is 11.6 Å². The van der Waals surface area contributed by atoms with Crippen molar-refractivity contribution in [3.8, 4) is 0 Å². The zero-order valence-electron chi connectivity index (χ0n) is 10.2. The average molecular weight is 231 g/mol. The summed E-state index contributed by atoms with van der Waals surface area (Å²) in [6, 6.07) is 0. The average Bonchev–Trinajstić information content (AvgIpc) is 2.09. The van der Waals surface area contributed by atoms with Gasteiger partial charge in [0.25, 0.3) is 0 Å². The molecule has 2 heteroatoms. The van der Waals surface area contributed by atoms with Gasteiger partial charge in [-0.25, -0.2) is 0 Å². The maximum Gasteiger partial charge on any atom is 0.0523 e. The summed E-state index contributed by atoms with van der Waals surface area (Å²) in [5, 5.41) is 0.242. The minimum absolute atomic E-state index is 0.242. The molecule has 0 aromatic carbocycles. The van der Waals surface area contributed by atoms with Crippen LogP contribution in [0.4, 0.5) is 0 Å². The Hall–Kier alpha value is -0.0100. The quantitative estimate of drug-likeness (QED) is 0.392. The van der Waals surface area contributed by atoms with Crippen LogP contribution in [0.2, 0.25) is 0 Å². The van der Waals surface area contributed by atoms with Gasteiger partial charge in [0.2, 0.25) is 0 Å². The van der Waals surface area contributed by atoms with Crippen molar-refractivity contribution < 1.29 is 4.74 Å². The maximum absolute atomic E-state index is 6.23. The van der Waals surface area contributed by atoms with E-state index in [1.165, 1.54) is 19.3 Å². The number of methoxy groups -OCH3 is 1. The summed E-state index contributed by atoms with van der Waals surface area (Å²) in [7, 11) is 1.76. The van der Waals surface area contributed by atoms with Crippen LogP contribution in [-0.4, -0.2) is 19.1 Å². The molecule has 1 unspecified atom stereocenters. The Morgan fingerprint density at radius 3 is 2.80 bits per heavy atom. The van der Waals surface area contributed by atoms with E-state index in [0.29, 0.717) is 5.41 Å². The summed E-state index contributed by atoms with van der Waals surface area (Å²) in [6.07, 6.45) is 8.15. The number of hydrogen-bond donors (Lipinski definition) is 0. The Kier molecular flexibility index (Phi) is 5.14. The first-order valence-corrected chi connectivity index (χ1v) is 6.30. The molecule has 0 spiro atoms. The minimum atomic E-state index is 0.242. The number of allylic oxidation sites excluding steroid dienone is 2. The third-order valence-corrected chi connectivity index (χ3v) is 3.25. The highest BCUT2D eigenvalue weighted by molar-refractivity contribution is 6.21. The van der Waals surface area contributed by atoms with Gasteiger partial charge in [0.1, 0.15) is 0 Å². The molecule has 0 N–H and O–H groups in total. The third kappa shape index (κ3) is 5.03. The molecule has 0 fully saturated rings. The van der Waals surface area contributed by atoms with E-state index in [1.54, 1.807) is 12.7 Å². The molecule has 0 aromatic rings. The normalized spacial score (nSPS) is 25.1. The molecular formula is C13H23ClO. The molecule has 0 saturated carbocycles. The summed E-state index contributed by atoms with van der Waals surface area (Å²) in [5.41, 5.74) is 1.93. The van der Waals surface area contributed by atoms with Crippen LogP contribution >= 0.6 is 11.6 Å². The third-order valence-electron chi connectivity index (χ3n) is 2.97. The summed E-state index contributed by atoms with van der Waals surface area (Å²) >= 11 is 6.23. The predicted molar refractivity (Wildman–Crippen MR) is 66.5 cm³/mol. The van der Waals surface area contributed by atoms with Gasteiger partial charge in [-0.05, 0) is 37.5 Å². The van der Waals surface area contributed by atoms with Gasteiger partial charge in [-0.2, -0.15) is 0 Å². The second-order valence-corrected chi connectivity index (χ2v) is 5.90. The zero-order valence-corrected chi connectivity index (χ0v) is 10.9. The number of unbranched alkanes of at least 4 members (excludes halogenated alkanes) is 1. The Morgan fingerprint density at radius 2 is 2.20 bits per heavy atom. The summed E-state index contributed by atoms with van der Waals surface area (Å²) in [6.45, 7) is 5.50. The lowest BCUT2D eigenvalue weighted by Gasteiger charge is -2.32. The SMILES string of the molecule is COCCCCC1=CC(Cl)CC(C)(C)C1. The van der Waals surface area contributed by atoms with E-state index in [9.17, 15) is 0 Å². The van der Waals surface area contributed by atoms with Crippen LogP contribution < -0.4 is 0 Å². The second-order valence-electron chi connectivity index (χ2n) is 5.34. The highest BCUT2D eigenvalue weighted by Crippen LogP contribution is 2.38. The molecule has 1 nitrogen and oxygen atoms in total. The van der Waals surface area contributed by atoms with Crippen molar-refractivity contribution in [2.45, 2.75) is 51.3 Å². The fourth-order valence-corrected chi connectivity index (χ4v) is 2.95. The molecule has 0 heterocycles. The number of rotatable bonds is 5. The van der Waals surface area contributed by atoms with Crippen molar-refractivity contribution >= 4 is 11.6 Å². The minimum Gasteiger partial charge on any atom is -0.385 e. The van der Waals surface area contributed by atoms with Crippen LogP contribution in [0.5, 0.6) is 0 Å². The molecule has 0 amide bonds. The Balaban J connectivity index is 2.34. The predicted octanol–water partition coefficient (Wildman–Crippen LogP) is 4.16. The summed E-state index contributed by atoms with van der Waals surface area (Å²) in [5.74, 6) is 0. The van der Waals surface area contributed by atoms with Crippen molar-refractivity contribution in [1.82, 2.24) is 0 Å². The Bertz CT molecular complexity index is 221. The molecule has 0 bridgehead atoms. The highest BCUT2D eigenvalue weighted by Gasteiger charge is 2.27. The molecule has 88 valence electrons. The fraction of sp³-hybridized carbons (Fsp3) is 0.846. The molecule has 0 aromatic heterocycles. The number of ether oxygens (including phenoxy) is 1. The second kappa shape index (κ2) is 5.91. The van der Waals surface area contributed by atoms with E-state index >= 15 is 0 Å². The van der Waals surface area contributed by atoms with Gasteiger partial charge in [-0.3, -0.25) is 0 Å². The Labute approximate surface area is 98.8 Å². The Morgan fingerprint density at radius 1 is 1.47 bits per heavy atom. The van der Waals surface area contributed by atoms with Gasteiger partial charge in [0, 0.05) is 13.7 Å². The van der Waals surface area contributed by atoms with Gasteiger partial charge in [0.05, 0.1) is 5.38 Å². The van der Waals surface area contributed by atoms with Crippen molar-refractivity contribution in [3.63, 3.8) is 0 Å². The van der Waals surface area contributed by atoms with Gasteiger partial charge in [0.15, 0.2) is 0 Å². The van der Waals surface area contributed by atoms with E-state index < -0.39 is 0 Å². The fourth-order valence-electron chi connectivity index (χ4n) is 2.36. The van der Waals surface area contributed by atoms with Crippen LogP contribution in [0.1, 0.15) is 46.0 Å². The van der Waals surface area contributed by atoms with E-state index in [4.69, 9.17) is 16.3 Å². The van der Waals surface area contributed by atoms with Crippen molar-refractivity contribution in [2.75, 3.05) is 13.7 Å². The van der Waals surface area contributed by atoms with Gasteiger partial charge < -0.3 is 4.74 Å². The van der Waals surface area contributed by atoms with Crippen LogP contribution in [-0.2, 0) is 4.74 Å². The van der Waals surface area contributed by atoms with Crippen LogP contribution in [0, 0.1) is 5.41 Å². The largest absolute Gasteiger partial charge is 0.385 e. The first kappa shape index (κ1) is 13.1. The first-order chi connectivity index (χ1) is 7.03. The molecule has 15 heavy (non-hydrogen) atoms. The van der Waals surface area contributed by atoms with Crippen LogP contribution in [0.25, 0.3) is 0 Å². The van der Waals surface area contributed by atoms with Gasteiger partial charge >= 0.3 is 0 Å². The summed E-state index contributed by atoms with van der Waals surface area (Å²) < 4.78 is 5.05.